The Morgan fingerprint density at radius 3 is 2.37 bits per heavy atom. The van der Waals surface area contributed by atoms with E-state index in [-0.39, 0.29) is 18.0 Å². The highest BCUT2D eigenvalue weighted by atomic mass is 16.7. The summed E-state index contributed by atoms with van der Waals surface area (Å²) >= 11 is 0. The molecule has 19 heavy (non-hydrogen) atoms. The molecule has 2 aromatic rings. The van der Waals surface area contributed by atoms with Crippen molar-refractivity contribution in [2.24, 2.45) is 4.99 Å². The summed E-state index contributed by atoms with van der Waals surface area (Å²) in [6.45, 7) is 0. The first-order valence-corrected chi connectivity index (χ1v) is 5.46. The van der Waals surface area contributed by atoms with Gasteiger partial charge >= 0.3 is 6.08 Å². The van der Waals surface area contributed by atoms with Crippen LogP contribution in [0, 0.1) is 0 Å². The number of nitrogens with two attached hydrogens (primary N) is 1. The molecule has 0 unspecified atom stereocenters. The second-order valence-electron chi connectivity index (χ2n) is 3.47. The van der Waals surface area contributed by atoms with Gasteiger partial charge in [0.25, 0.3) is 5.95 Å². The molecule has 0 atom stereocenters. The van der Waals surface area contributed by atoms with Crippen molar-refractivity contribution in [2.45, 2.75) is 0 Å². The van der Waals surface area contributed by atoms with Gasteiger partial charge in [0.05, 0.1) is 14.2 Å². The molecule has 1 heterocycles. The van der Waals surface area contributed by atoms with Crippen LogP contribution in [0.1, 0.15) is 0 Å². The van der Waals surface area contributed by atoms with Crippen molar-refractivity contribution in [1.29, 1.82) is 0 Å². The molecule has 0 saturated heterocycles. The number of rotatable bonds is 2. The number of benzene rings is 1. The Kier molecular flexibility index (Phi) is 3.87. The van der Waals surface area contributed by atoms with Gasteiger partial charge in [0.15, 0.2) is 5.82 Å². The smallest absolute Gasteiger partial charge is 0.391 e. The fraction of sp³-hybridized carbons (Fsp3) is 0.167. The Bertz CT molecular complexity index is 580. The summed E-state index contributed by atoms with van der Waals surface area (Å²) in [5, 5.41) is 0. The minimum atomic E-state index is 0.0459. The molecule has 0 saturated carbocycles. The quantitative estimate of drug-likeness (QED) is 0.647. The lowest BCUT2D eigenvalue weighted by Gasteiger charge is -2.03. The maximum atomic E-state index is 5.64. The Labute approximate surface area is 110 Å². The first-order valence-electron chi connectivity index (χ1n) is 5.46. The van der Waals surface area contributed by atoms with Gasteiger partial charge in [-0.05, 0) is 0 Å². The Morgan fingerprint density at radius 1 is 1.05 bits per heavy atom. The summed E-state index contributed by atoms with van der Waals surface area (Å²) in [6.07, 6.45) is 0.0459. The Hall–Kier alpha value is -2.70. The van der Waals surface area contributed by atoms with Gasteiger partial charge in [0, 0.05) is 5.56 Å². The summed E-state index contributed by atoms with van der Waals surface area (Å²) < 4.78 is 9.75. The molecule has 2 N–H and O–H groups in total. The summed E-state index contributed by atoms with van der Waals surface area (Å²) in [7, 11) is 2.87. The highest BCUT2D eigenvalue weighted by molar-refractivity contribution is 5.69. The van der Waals surface area contributed by atoms with Crippen molar-refractivity contribution in [1.82, 2.24) is 15.0 Å². The first-order chi connectivity index (χ1) is 9.22. The molecule has 0 aliphatic rings. The van der Waals surface area contributed by atoms with E-state index in [1.807, 2.05) is 30.3 Å². The number of methoxy groups -OCH3 is 2. The lowest BCUT2D eigenvalue weighted by molar-refractivity contribution is 0.243. The lowest BCUT2D eigenvalue weighted by atomic mass is 10.2. The van der Waals surface area contributed by atoms with E-state index < -0.39 is 0 Å². The fourth-order valence-corrected chi connectivity index (χ4v) is 1.40. The van der Waals surface area contributed by atoms with E-state index in [2.05, 4.69) is 19.9 Å². The number of hydrogen-bond donors (Lipinski definition) is 1. The molecule has 7 nitrogen and oxygen atoms in total. The van der Waals surface area contributed by atoms with E-state index in [0.717, 1.165) is 5.56 Å². The second-order valence-corrected chi connectivity index (χ2v) is 3.47. The van der Waals surface area contributed by atoms with Gasteiger partial charge in [-0.2, -0.15) is 15.0 Å². The molecule has 2 rings (SSSR count). The topological polar surface area (TPSA) is 95.5 Å². The van der Waals surface area contributed by atoms with Crippen LogP contribution in [0.4, 0.5) is 11.9 Å². The molecule has 98 valence electrons. The normalized spacial score (nSPS) is 9.79. The van der Waals surface area contributed by atoms with Crippen molar-refractivity contribution < 1.29 is 9.47 Å². The number of aliphatic imine (C=N–C) groups is 1. The fourth-order valence-electron chi connectivity index (χ4n) is 1.40. The average molecular weight is 259 g/mol. The predicted octanol–water partition coefficient (Wildman–Crippen LogP) is 1.40. The van der Waals surface area contributed by atoms with Crippen molar-refractivity contribution in [3.63, 3.8) is 0 Å². The van der Waals surface area contributed by atoms with Gasteiger partial charge in [0.2, 0.25) is 5.95 Å². The molecule has 0 spiro atoms. The van der Waals surface area contributed by atoms with E-state index in [0.29, 0.717) is 5.82 Å². The van der Waals surface area contributed by atoms with Crippen LogP contribution in [0.5, 0.6) is 0 Å². The minimum absolute atomic E-state index is 0.0459. The molecule has 0 amide bonds. The van der Waals surface area contributed by atoms with Crippen LogP contribution in [0.25, 0.3) is 11.4 Å². The standard InChI is InChI=1S/C12H13N5O2/c1-18-12(19-2)17-11-15-9(14-10(13)16-11)8-6-4-3-5-7-8/h3-7H,1-2H3,(H2,13,14,15,16). The van der Waals surface area contributed by atoms with Crippen molar-refractivity contribution in [3.8, 4) is 11.4 Å². The van der Waals surface area contributed by atoms with Gasteiger partial charge < -0.3 is 15.2 Å². The summed E-state index contributed by atoms with van der Waals surface area (Å²) in [5.41, 5.74) is 6.47. The molecule has 0 bridgehead atoms. The number of hydrogen-bond acceptors (Lipinski definition) is 7. The van der Waals surface area contributed by atoms with Crippen molar-refractivity contribution in [2.75, 3.05) is 20.0 Å². The molecular weight excluding hydrogens is 246 g/mol. The van der Waals surface area contributed by atoms with Crippen molar-refractivity contribution in [3.05, 3.63) is 30.3 Å². The third-order valence-electron chi connectivity index (χ3n) is 2.21. The van der Waals surface area contributed by atoms with Crippen molar-refractivity contribution >= 4 is 18.0 Å². The number of nitrogens with zero attached hydrogens (tertiary/aromatic N) is 4. The average Bonchev–Trinajstić information content (AvgIpc) is 2.45. The first kappa shape index (κ1) is 12.7. The van der Waals surface area contributed by atoms with Gasteiger partial charge in [-0.25, -0.2) is 0 Å². The lowest BCUT2D eigenvalue weighted by Crippen LogP contribution is -2.05. The molecule has 7 heteroatoms. The molecule has 0 aliphatic heterocycles. The number of ether oxygens (including phenoxy) is 2. The highest BCUT2D eigenvalue weighted by Gasteiger charge is 2.07. The molecular formula is C12H13N5O2. The largest absolute Gasteiger partial charge is 0.454 e. The zero-order chi connectivity index (χ0) is 13.7. The monoisotopic (exact) mass is 259 g/mol. The predicted molar refractivity (Wildman–Crippen MR) is 70.8 cm³/mol. The third kappa shape index (κ3) is 3.15. The van der Waals surface area contributed by atoms with Gasteiger partial charge in [-0.15, -0.1) is 4.99 Å². The molecule has 1 aromatic carbocycles. The maximum Gasteiger partial charge on any atom is 0.391 e. The van der Waals surface area contributed by atoms with E-state index in [1.54, 1.807) is 0 Å². The Balaban J connectivity index is 2.43. The summed E-state index contributed by atoms with van der Waals surface area (Å²) in [4.78, 5) is 16.1. The molecule has 0 aliphatic carbocycles. The third-order valence-corrected chi connectivity index (χ3v) is 2.21. The number of nitrogen functional groups attached to an aromatic ring is 1. The molecule has 0 radical (unpaired) electrons. The van der Waals surface area contributed by atoms with Crippen LogP contribution in [0.2, 0.25) is 0 Å². The number of aromatic nitrogens is 3. The highest BCUT2D eigenvalue weighted by Crippen LogP contribution is 2.17. The van der Waals surface area contributed by atoms with Gasteiger partial charge in [0.1, 0.15) is 0 Å². The zero-order valence-electron chi connectivity index (χ0n) is 10.6. The number of anilines is 1. The van der Waals surface area contributed by atoms with E-state index in [4.69, 9.17) is 15.2 Å². The second kappa shape index (κ2) is 5.76. The van der Waals surface area contributed by atoms with Crippen LogP contribution in [0.15, 0.2) is 35.3 Å². The SMILES string of the molecule is COC(=Nc1nc(N)nc(-c2ccccc2)n1)OC. The van der Waals surface area contributed by atoms with Crippen LogP contribution >= 0.6 is 0 Å². The van der Waals surface area contributed by atoms with Gasteiger partial charge in [-0.1, -0.05) is 30.3 Å². The van der Waals surface area contributed by atoms with E-state index >= 15 is 0 Å². The van der Waals surface area contributed by atoms with E-state index in [1.165, 1.54) is 14.2 Å². The van der Waals surface area contributed by atoms with Crippen LogP contribution in [0.3, 0.4) is 0 Å². The van der Waals surface area contributed by atoms with Crippen LogP contribution < -0.4 is 5.73 Å². The molecule has 0 fully saturated rings. The van der Waals surface area contributed by atoms with Crippen LogP contribution in [-0.2, 0) is 9.47 Å². The molecule has 1 aromatic heterocycles. The Morgan fingerprint density at radius 2 is 1.74 bits per heavy atom. The van der Waals surface area contributed by atoms with E-state index in [9.17, 15) is 0 Å². The maximum absolute atomic E-state index is 5.64. The summed E-state index contributed by atoms with van der Waals surface area (Å²) in [5.74, 6) is 0.655. The zero-order valence-corrected chi connectivity index (χ0v) is 10.6. The summed E-state index contributed by atoms with van der Waals surface area (Å²) in [6, 6.07) is 9.41. The van der Waals surface area contributed by atoms with Crippen LogP contribution in [-0.4, -0.2) is 35.3 Å². The minimum Gasteiger partial charge on any atom is -0.454 e. The van der Waals surface area contributed by atoms with Gasteiger partial charge in [-0.3, -0.25) is 0 Å².